The van der Waals surface area contributed by atoms with E-state index >= 15 is 0 Å². The number of carbonyl (C=O) groups is 1. The second-order valence-electron chi connectivity index (χ2n) is 8.54. The molecule has 2 aliphatic rings. The molecule has 4 rings (SSSR count). The molecule has 0 saturated carbocycles. The van der Waals surface area contributed by atoms with E-state index in [4.69, 9.17) is 4.98 Å². The van der Waals surface area contributed by atoms with Crippen LogP contribution in [0.15, 0.2) is 23.0 Å². The smallest absolute Gasteiger partial charge is 0.261 e. The van der Waals surface area contributed by atoms with Crippen LogP contribution in [0.1, 0.15) is 42.9 Å². The first-order valence-electron chi connectivity index (χ1n) is 10.7. The summed E-state index contributed by atoms with van der Waals surface area (Å²) in [6, 6.07) is 5.67. The first kappa shape index (κ1) is 20.0. The van der Waals surface area contributed by atoms with Gasteiger partial charge in [0.25, 0.3) is 11.5 Å². The van der Waals surface area contributed by atoms with Crippen molar-refractivity contribution in [2.75, 3.05) is 32.8 Å². The quantitative estimate of drug-likeness (QED) is 0.848. The summed E-state index contributed by atoms with van der Waals surface area (Å²) in [4.78, 5) is 35.0. The van der Waals surface area contributed by atoms with Crippen molar-refractivity contribution in [3.63, 3.8) is 0 Å². The van der Waals surface area contributed by atoms with Crippen molar-refractivity contribution >= 4 is 16.8 Å². The van der Waals surface area contributed by atoms with E-state index in [-0.39, 0.29) is 24.0 Å². The zero-order chi connectivity index (χ0) is 20.5. The van der Waals surface area contributed by atoms with Gasteiger partial charge in [0.05, 0.1) is 10.9 Å². The lowest BCUT2D eigenvalue weighted by molar-refractivity contribution is 0.0621. The second-order valence-corrected chi connectivity index (χ2v) is 8.54. The van der Waals surface area contributed by atoms with Crippen molar-refractivity contribution in [1.82, 2.24) is 19.4 Å². The van der Waals surface area contributed by atoms with Crippen LogP contribution in [0.25, 0.3) is 10.9 Å². The van der Waals surface area contributed by atoms with Gasteiger partial charge < -0.3 is 10.0 Å². The van der Waals surface area contributed by atoms with Crippen molar-refractivity contribution < 1.29 is 9.90 Å². The number of carbonyl (C=O) groups excluding carboxylic acids is 1. The first-order valence-corrected chi connectivity index (χ1v) is 10.7. The average Bonchev–Trinajstić information content (AvgIpc) is 2.96. The Balaban J connectivity index is 1.65. The molecule has 0 aliphatic carbocycles. The zero-order valence-corrected chi connectivity index (χ0v) is 17.3. The van der Waals surface area contributed by atoms with Gasteiger partial charge in [0.15, 0.2) is 0 Å². The predicted octanol–water partition coefficient (Wildman–Crippen LogP) is 1.51. The summed E-state index contributed by atoms with van der Waals surface area (Å²) in [6.07, 6.45) is 2.59. The fraction of sp³-hybridized carbons (Fsp3) is 0.591. The van der Waals surface area contributed by atoms with Crippen molar-refractivity contribution in [1.29, 1.82) is 0 Å². The Morgan fingerprint density at radius 2 is 2.07 bits per heavy atom. The highest BCUT2D eigenvalue weighted by molar-refractivity contribution is 5.97. The maximum Gasteiger partial charge on any atom is 0.261 e. The molecule has 7 nitrogen and oxygen atoms in total. The standard InChI is InChI=1S/C22H30N4O3/c1-15(2)24-9-7-20-23-19-12-17(5-6-18(19)22(29)26(20)11-10-24)21(28)25-8-3-4-16(13-25)14-27/h5-6,12,15-16,27H,3-4,7-11,13-14H2,1-2H3. The van der Waals surface area contributed by atoms with Gasteiger partial charge in [0.2, 0.25) is 0 Å². The van der Waals surface area contributed by atoms with Crippen LogP contribution in [-0.2, 0) is 13.0 Å². The maximum absolute atomic E-state index is 13.0. The van der Waals surface area contributed by atoms with E-state index in [2.05, 4.69) is 18.7 Å². The Kier molecular flexibility index (Phi) is 5.69. The lowest BCUT2D eigenvalue weighted by atomic mass is 9.98. The lowest BCUT2D eigenvalue weighted by Crippen LogP contribution is -2.41. The predicted molar refractivity (Wildman–Crippen MR) is 112 cm³/mol. The number of likely N-dealkylation sites (tertiary alicyclic amines) is 1. The van der Waals surface area contributed by atoms with E-state index in [1.54, 1.807) is 22.8 Å². The zero-order valence-electron chi connectivity index (χ0n) is 17.3. The molecule has 0 bridgehead atoms. The van der Waals surface area contributed by atoms with Crippen molar-refractivity contribution in [2.45, 2.75) is 45.7 Å². The van der Waals surface area contributed by atoms with Crippen LogP contribution in [0.2, 0.25) is 0 Å². The minimum Gasteiger partial charge on any atom is -0.396 e. The number of piperidine rings is 1. The van der Waals surface area contributed by atoms with Crippen molar-refractivity contribution in [2.24, 2.45) is 5.92 Å². The highest BCUT2D eigenvalue weighted by Crippen LogP contribution is 2.20. The first-order chi connectivity index (χ1) is 14.0. The Labute approximate surface area is 170 Å². The summed E-state index contributed by atoms with van der Waals surface area (Å²) in [5.74, 6) is 0.900. The molecule has 1 amide bonds. The molecule has 1 aromatic heterocycles. The molecule has 7 heteroatoms. The van der Waals surface area contributed by atoms with Gasteiger partial charge in [-0.15, -0.1) is 0 Å². The van der Waals surface area contributed by atoms with Gasteiger partial charge in [-0.3, -0.25) is 19.1 Å². The van der Waals surface area contributed by atoms with Crippen LogP contribution in [-0.4, -0.2) is 69.2 Å². The van der Waals surface area contributed by atoms with Gasteiger partial charge in [-0.1, -0.05) is 0 Å². The Bertz CT molecular complexity index is 968. The highest BCUT2D eigenvalue weighted by atomic mass is 16.3. The van der Waals surface area contributed by atoms with Crippen LogP contribution in [0.3, 0.4) is 0 Å². The largest absolute Gasteiger partial charge is 0.396 e. The number of hydrogen-bond donors (Lipinski definition) is 1. The van der Waals surface area contributed by atoms with Gasteiger partial charge in [0, 0.05) is 57.4 Å². The molecule has 1 unspecified atom stereocenters. The van der Waals surface area contributed by atoms with Crippen LogP contribution >= 0.6 is 0 Å². The molecular weight excluding hydrogens is 368 g/mol. The number of rotatable bonds is 3. The summed E-state index contributed by atoms with van der Waals surface area (Å²) in [5, 5.41) is 10.00. The summed E-state index contributed by atoms with van der Waals surface area (Å²) in [6.45, 7) is 8.11. The molecule has 1 atom stereocenters. The van der Waals surface area contributed by atoms with Gasteiger partial charge in [-0.05, 0) is 50.8 Å². The fourth-order valence-corrected chi connectivity index (χ4v) is 4.50. The van der Waals surface area contributed by atoms with E-state index in [9.17, 15) is 14.7 Å². The molecule has 1 fully saturated rings. The van der Waals surface area contributed by atoms with E-state index in [1.165, 1.54) is 0 Å². The molecule has 1 saturated heterocycles. The van der Waals surface area contributed by atoms with Gasteiger partial charge >= 0.3 is 0 Å². The van der Waals surface area contributed by atoms with E-state index < -0.39 is 0 Å². The summed E-state index contributed by atoms with van der Waals surface area (Å²) >= 11 is 0. The Morgan fingerprint density at radius 3 is 2.83 bits per heavy atom. The third kappa shape index (κ3) is 3.94. The third-order valence-corrected chi connectivity index (χ3v) is 6.31. The van der Waals surface area contributed by atoms with E-state index in [0.717, 1.165) is 38.2 Å². The summed E-state index contributed by atoms with van der Waals surface area (Å²) in [7, 11) is 0. The topological polar surface area (TPSA) is 78.7 Å². The van der Waals surface area contributed by atoms with Crippen LogP contribution in [0.5, 0.6) is 0 Å². The molecule has 2 aliphatic heterocycles. The van der Waals surface area contributed by atoms with Crippen molar-refractivity contribution in [3.05, 3.63) is 39.9 Å². The highest BCUT2D eigenvalue weighted by Gasteiger charge is 2.25. The SMILES string of the molecule is CC(C)N1CCc2nc3cc(C(=O)N4CCCC(CO)C4)ccc3c(=O)n2CC1. The summed E-state index contributed by atoms with van der Waals surface area (Å²) < 4.78 is 1.79. The number of amides is 1. The minimum absolute atomic E-state index is 0.0204. The number of aliphatic hydroxyl groups is 1. The number of aliphatic hydroxyl groups excluding tert-OH is 1. The minimum atomic E-state index is -0.0483. The molecule has 156 valence electrons. The number of aromatic nitrogens is 2. The number of benzene rings is 1. The van der Waals surface area contributed by atoms with Gasteiger partial charge in [-0.2, -0.15) is 0 Å². The lowest BCUT2D eigenvalue weighted by Gasteiger charge is -2.32. The van der Waals surface area contributed by atoms with Crippen LogP contribution in [0, 0.1) is 5.92 Å². The van der Waals surface area contributed by atoms with Crippen molar-refractivity contribution in [3.8, 4) is 0 Å². The Hall–Kier alpha value is -2.25. The third-order valence-electron chi connectivity index (χ3n) is 6.31. The van der Waals surface area contributed by atoms with Crippen LogP contribution in [0.4, 0.5) is 0 Å². The summed E-state index contributed by atoms with van der Waals surface area (Å²) in [5.41, 5.74) is 1.14. The fourth-order valence-electron chi connectivity index (χ4n) is 4.50. The van der Waals surface area contributed by atoms with E-state index in [1.807, 2.05) is 4.90 Å². The van der Waals surface area contributed by atoms with Crippen LogP contribution < -0.4 is 5.56 Å². The number of nitrogens with zero attached hydrogens (tertiary/aromatic N) is 4. The molecule has 1 aromatic carbocycles. The number of fused-ring (bicyclic) bond motifs is 2. The average molecular weight is 399 g/mol. The normalized spacial score (nSPS) is 20.7. The van der Waals surface area contributed by atoms with Gasteiger partial charge in [0.1, 0.15) is 5.82 Å². The molecular formula is C22H30N4O3. The monoisotopic (exact) mass is 398 g/mol. The van der Waals surface area contributed by atoms with Gasteiger partial charge in [-0.25, -0.2) is 4.98 Å². The van der Waals surface area contributed by atoms with E-state index in [0.29, 0.717) is 42.1 Å². The maximum atomic E-state index is 13.0. The number of hydrogen-bond acceptors (Lipinski definition) is 5. The molecule has 2 aromatic rings. The second kappa shape index (κ2) is 8.24. The molecule has 0 radical (unpaired) electrons. The molecule has 0 spiro atoms. The Morgan fingerprint density at radius 1 is 1.24 bits per heavy atom. The molecule has 3 heterocycles. The molecule has 29 heavy (non-hydrogen) atoms. The molecule has 1 N–H and O–H groups in total.